The molecule has 1 unspecified atom stereocenters. The van der Waals surface area contributed by atoms with Gasteiger partial charge in [-0.1, -0.05) is 39.3 Å². The lowest BCUT2D eigenvalue weighted by Gasteiger charge is -2.43. The van der Waals surface area contributed by atoms with E-state index in [1.54, 1.807) is 6.20 Å². The highest BCUT2D eigenvalue weighted by Crippen LogP contribution is 2.46. The lowest BCUT2D eigenvalue weighted by molar-refractivity contribution is -0.135. The number of aliphatic hydroxyl groups excluding tert-OH is 1. The minimum absolute atomic E-state index is 0.208. The van der Waals surface area contributed by atoms with E-state index in [0.717, 1.165) is 55.5 Å². The fourth-order valence-corrected chi connectivity index (χ4v) is 4.73. The van der Waals surface area contributed by atoms with Crippen LogP contribution in [0.25, 0.3) is 10.9 Å². The number of H-pyrrole nitrogens is 1. The Morgan fingerprint density at radius 3 is 2.62 bits per heavy atom. The van der Waals surface area contributed by atoms with E-state index >= 15 is 0 Å². The molecule has 29 heavy (non-hydrogen) atoms. The number of likely N-dealkylation sites (tertiary alicyclic amines) is 1. The lowest BCUT2D eigenvalue weighted by Crippen LogP contribution is -2.46. The molecule has 2 N–H and O–H groups in total. The summed E-state index contributed by atoms with van der Waals surface area (Å²) in [4.78, 5) is 16.7. The van der Waals surface area contributed by atoms with Crippen molar-refractivity contribution in [2.45, 2.75) is 46.6 Å². The highest BCUT2D eigenvalue weighted by atomic mass is 35.5. The monoisotopic (exact) mass is 420 g/mol. The Hall–Kier alpha value is -1.63. The number of aliphatic hydroxyl groups is 1. The average molecular weight is 421 g/mol. The van der Waals surface area contributed by atoms with Gasteiger partial charge < -0.3 is 10.0 Å². The number of hydrogen-bond donors (Lipinski definition) is 2. The summed E-state index contributed by atoms with van der Waals surface area (Å²) in [6.45, 7) is 12.1. The summed E-state index contributed by atoms with van der Waals surface area (Å²) in [6, 6.07) is 3.68. The Bertz CT molecular complexity index is 838. The predicted octanol–water partition coefficient (Wildman–Crippen LogP) is 3.86. The molecule has 6 nitrogen and oxygen atoms in total. The number of nitrogens with one attached hydrogen (secondary N) is 1. The molecule has 1 aromatic carbocycles. The Labute approximate surface area is 178 Å². The van der Waals surface area contributed by atoms with Gasteiger partial charge in [0.2, 0.25) is 5.91 Å². The molecule has 1 saturated heterocycles. The van der Waals surface area contributed by atoms with E-state index in [9.17, 15) is 9.90 Å². The van der Waals surface area contributed by atoms with Crippen molar-refractivity contribution in [3.8, 4) is 0 Å². The minimum Gasteiger partial charge on any atom is -0.388 e. The normalized spacial score (nSPS) is 17.3. The molecule has 2 aromatic rings. The van der Waals surface area contributed by atoms with E-state index < -0.39 is 6.10 Å². The summed E-state index contributed by atoms with van der Waals surface area (Å²) in [6.07, 6.45) is 2.83. The second kappa shape index (κ2) is 9.02. The van der Waals surface area contributed by atoms with Gasteiger partial charge in [-0.15, -0.1) is 0 Å². The van der Waals surface area contributed by atoms with Crippen molar-refractivity contribution >= 4 is 28.4 Å². The van der Waals surface area contributed by atoms with Crippen molar-refractivity contribution in [3.63, 3.8) is 0 Å². The smallest absolute Gasteiger partial charge is 0.236 e. The Balaban J connectivity index is 1.69. The quantitative estimate of drug-likeness (QED) is 0.713. The number of carbonyl (C=O) groups excluding carboxylic acids is 1. The first kappa shape index (κ1) is 22.1. The molecule has 3 rings (SSSR count). The van der Waals surface area contributed by atoms with E-state index in [4.69, 9.17) is 11.6 Å². The third-order valence-corrected chi connectivity index (χ3v) is 6.91. The topological polar surface area (TPSA) is 72.5 Å². The average Bonchev–Trinajstić information content (AvgIpc) is 3.19. The summed E-state index contributed by atoms with van der Waals surface area (Å²) in [5.74, 6) is 0.520. The molecule has 0 radical (unpaired) electrons. The first-order valence-electron chi connectivity index (χ1n) is 10.6. The molecule has 7 heteroatoms. The van der Waals surface area contributed by atoms with Crippen molar-refractivity contribution in [2.75, 3.05) is 32.7 Å². The Morgan fingerprint density at radius 2 is 2.00 bits per heavy atom. The van der Waals surface area contributed by atoms with E-state index in [0.29, 0.717) is 17.5 Å². The maximum absolute atomic E-state index is 12.6. The van der Waals surface area contributed by atoms with Crippen molar-refractivity contribution in [3.05, 3.63) is 28.9 Å². The fraction of sp³-hybridized carbons (Fsp3) is 0.636. The number of aromatic amines is 1. The van der Waals surface area contributed by atoms with Gasteiger partial charge in [-0.25, -0.2) is 0 Å². The zero-order valence-corrected chi connectivity index (χ0v) is 18.7. The maximum atomic E-state index is 12.6. The van der Waals surface area contributed by atoms with Crippen LogP contribution in [0.2, 0.25) is 5.02 Å². The number of carbonyl (C=O) groups is 1. The molecule has 1 atom stereocenters. The Kier molecular flexibility index (Phi) is 6.87. The van der Waals surface area contributed by atoms with E-state index in [1.165, 1.54) is 0 Å². The van der Waals surface area contributed by atoms with Gasteiger partial charge in [0.15, 0.2) is 0 Å². The lowest BCUT2D eigenvalue weighted by atomic mass is 9.68. The van der Waals surface area contributed by atoms with Crippen LogP contribution >= 0.6 is 11.6 Å². The van der Waals surface area contributed by atoms with Gasteiger partial charge in [-0.2, -0.15) is 5.10 Å². The van der Waals surface area contributed by atoms with Gasteiger partial charge >= 0.3 is 0 Å². The summed E-state index contributed by atoms with van der Waals surface area (Å²) in [5, 5.41) is 19.9. The van der Waals surface area contributed by atoms with Crippen LogP contribution in [0.4, 0.5) is 0 Å². The molecular formula is C22H33ClN4O2. The largest absolute Gasteiger partial charge is 0.388 e. The van der Waals surface area contributed by atoms with E-state index in [2.05, 4.69) is 42.8 Å². The third kappa shape index (κ3) is 4.60. The SMILES string of the molecule is CCN(CC)CC(=O)N1CCC(C(C)(C)C(O)c2cc(Cl)cc3cn[nH]c23)CC1. The summed E-state index contributed by atoms with van der Waals surface area (Å²) in [7, 11) is 0. The molecule has 2 heterocycles. The second-order valence-electron chi connectivity index (χ2n) is 8.67. The number of rotatable bonds is 7. The van der Waals surface area contributed by atoms with Crippen LogP contribution in [0.15, 0.2) is 18.3 Å². The van der Waals surface area contributed by atoms with Crippen LogP contribution in [0.3, 0.4) is 0 Å². The number of aromatic nitrogens is 2. The molecular weight excluding hydrogens is 388 g/mol. The molecule has 1 aliphatic heterocycles. The van der Waals surface area contributed by atoms with Crippen molar-refractivity contribution in [2.24, 2.45) is 11.3 Å². The molecule has 160 valence electrons. The van der Waals surface area contributed by atoms with Crippen molar-refractivity contribution in [1.29, 1.82) is 0 Å². The maximum Gasteiger partial charge on any atom is 0.236 e. The molecule has 1 amide bonds. The van der Waals surface area contributed by atoms with Gasteiger partial charge in [0.05, 0.1) is 24.4 Å². The molecule has 0 aliphatic carbocycles. The summed E-state index contributed by atoms with van der Waals surface area (Å²) in [5.41, 5.74) is 1.27. The standard InChI is InChI=1S/C22H33ClN4O2/c1-5-26(6-2)14-19(28)27-9-7-16(8-10-27)22(3,4)21(29)18-12-17(23)11-15-13-24-25-20(15)18/h11-13,16,21,29H,5-10,14H2,1-4H3,(H,24,25). The van der Waals surface area contributed by atoms with Crippen LogP contribution in [0.5, 0.6) is 0 Å². The highest BCUT2D eigenvalue weighted by molar-refractivity contribution is 6.31. The summed E-state index contributed by atoms with van der Waals surface area (Å²) < 4.78 is 0. The Morgan fingerprint density at radius 1 is 1.34 bits per heavy atom. The van der Waals surface area contributed by atoms with Crippen LogP contribution in [0.1, 0.15) is 52.2 Å². The summed E-state index contributed by atoms with van der Waals surface area (Å²) >= 11 is 6.28. The van der Waals surface area contributed by atoms with Gasteiger partial charge in [0.25, 0.3) is 0 Å². The predicted molar refractivity (Wildman–Crippen MR) is 117 cm³/mol. The zero-order chi connectivity index (χ0) is 21.2. The van der Waals surface area contributed by atoms with E-state index in [1.807, 2.05) is 17.0 Å². The number of amides is 1. The van der Waals surface area contributed by atoms with Gasteiger partial charge in [0.1, 0.15) is 0 Å². The first-order valence-corrected chi connectivity index (χ1v) is 11.0. The van der Waals surface area contributed by atoms with Crippen molar-refractivity contribution in [1.82, 2.24) is 20.0 Å². The number of piperidine rings is 1. The minimum atomic E-state index is -0.674. The first-order chi connectivity index (χ1) is 13.8. The number of likely N-dealkylation sites (N-methyl/N-ethyl adjacent to an activating group) is 1. The highest BCUT2D eigenvalue weighted by Gasteiger charge is 2.40. The van der Waals surface area contributed by atoms with Gasteiger partial charge in [0, 0.05) is 29.1 Å². The molecule has 1 aliphatic rings. The van der Waals surface area contributed by atoms with Gasteiger partial charge in [-0.3, -0.25) is 14.8 Å². The van der Waals surface area contributed by atoms with Crippen LogP contribution in [-0.2, 0) is 4.79 Å². The van der Waals surface area contributed by atoms with Crippen molar-refractivity contribution < 1.29 is 9.90 Å². The number of nitrogens with zero attached hydrogens (tertiary/aromatic N) is 3. The number of hydrogen-bond acceptors (Lipinski definition) is 4. The fourth-order valence-electron chi connectivity index (χ4n) is 4.50. The molecule has 0 spiro atoms. The number of halogens is 1. The molecule has 1 fully saturated rings. The molecule has 0 bridgehead atoms. The number of fused-ring (bicyclic) bond motifs is 1. The number of benzene rings is 1. The van der Waals surface area contributed by atoms with E-state index in [-0.39, 0.29) is 11.3 Å². The van der Waals surface area contributed by atoms with Crippen LogP contribution in [-0.4, -0.2) is 63.7 Å². The molecule has 0 saturated carbocycles. The second-order valence-corrected chi connectivity index (χ2v) is 9.11. The third-order valence-electron chi connectivity index (χ3n) is 6.70. The molecule has 1 aromatic heterocycles. The van der Waals surface area contributed by atoms with Crippen LogP contribution in [0, 0.1) is 11.3 Å². The zero-order valence-electron chi connectivity index (χ0n) is 17.9. The van der Waals surface area contributed by atoms with Gasteiger partial charge in [-0.05, 0) is 49.4 Å². The van der Waals surface area contributed by atoms with Crippen LogP contribution < -0.4 is 0 Å².